The Morgan fingerprint density at radius 1 is 1.28 bits per heavy atom. The number of imidazole rings is 1. The second-order valence-corrected chi connectivity index (χ2v) is 7.19. The van der Waals surface area contributed by atoms with Crippen molar-refractivity contribution in [2.24, 2.45) is 0 Å². The lowest BCUT2D eigenvalue weighted by Crippen LogP contribution is -2.32. The van der Waals surface area contributed by atoms with Crippen LogP contribution in [-0.2, 0) is 0 Å². The van der Waals surface area contributed by atoms with E-state index in [-0.39, 0.29) is 18.1 Å². The van der Waals surface area contributed by atoms with E-state index in [1.807, 2.05) is 0 Å². The Morgan fingerprint density at radius 2 is 2.09 bits per heavy atom. The molecule has 2 N–H and O–H groups in total. The molecule has 0 unspecified atom stereocenters. The Kier molecular flexibility index (Phi) is 4.32. The molecule has 32 heavy (non-hydrogen) atoms. The zero-order valence-electron chi connectivity index (χ0n) is 16.5. The summed E-state index contributed by atoms with van der Waals surface area (Å²) in [5.74, 6) is -0.267. The number of anilines is 1. The maximum absolute atomic E-state index is 13.1. The molecular weight excluding hydrogens is 429 g/mol. The van der Waals surface area contributed by atoms with Crippen LogP contribution in [0, 0.1) is 0 Å². The molecule has 3 aromatic heterocycles. The second kappa shape index (κ2) is 6.97. The molecule has 0 radical (unpaired) electrons. The number of pyridine rings is 1. The number of likely N-dealkylation sites (N-methyl/N-ethyl adjacent to an activating group) is 1. The third-order valence-corrected chi connectivity index (χ3v) is 5.24. The standard InChI is InChI=1S/C20H15F3N6O3/c1-28(16-8-31-17-4-10(2-3-11(16)17)32-20(21,22)23)19(30)12-5-14-13(6-26-12)27-18(24)15-7-25-9-29(14)15/h2-7,9,16H,8H2,1H3,(H2,24,27)/t16-/m1/s1. The van der Waals surface area contributed by atoms with E-state index < -0.39 is 24.1 Å². The molecule has 1 aliphatic heterocycles. The van der Waals surface area contributed by atoms with Crippen molar-refractivity contribution in [3.05, 3.63) is 54.2 Å². The fourth-order valence-corrected chi connectivity index (χ4v) is 3.71. The molecular formula is C20H15F3N6O3. The summed E-state index contributed by atoms with van der Waals surface area (Å²) in [4.78, 5) is 27.1. The van der Waals surface area contributed by atoms with E-state index in [1.165, 1.54) is 23.2 Å². The number of rotatable bonds is 3. The predicted molar refractivity (Wildman–Crippen MR) is 106 cm³/mol. The van der Waals surface area contributed by atoms with Gasteiger partial charge in [0, 0.05) is 18.7 Å². The van der Waals surface area contributed by atoms with Gasteiger partial charge in [-0.3, -0.25) is 9.20 Å². The molecule has 0 aliphatic carbocycles. The van der Waals surface area contributed by atoms with Gasteiger partial charge in [0.2, 0.25) is 0 Å². The van der Waals surface area contributed by atoms with E-state index in [9.17, 15) is 18.0 Å². The Labute approximate surface area is 178 Å². The van der Waals surface area contributed by atoms with Crippen LogP contribution in [0.5, 0.6) is 11.5 Å². The number of alkyl halides is 3. The van der Waals surface area contributed by atoms with Gasteiger partial charge in [-0.15, -0.1) is 13.2 Å². The summed E-state index contributed by atoms with van der Waals surface area (Å²) in [6, 6.07) is 4.88. The van der Waals surface area contributed by atoms with Crippen molar-refractivity contribution >= 4 is 28.3 Å². The molecule has 1 aliphatic rings. The van der Waals surface area contributed by atoms with Crippen LogP contribution in [0.15, 0.2) is 43.0 Å². The largest absolute Gasteiger partial charge is 0.573 e. The molecule has 1 atom stereocenters. The Morgan fingerprint density at radius 3 is 2.88 bits per heavy atom. The lowest BCUT2D eigenvalue weighted by molar-refractivity contribution is -0.274. The number of ether oxygens (including phenoxy) is 2. The molecule has 5 rings (SSSR count). The first-order valence-electron chi connectivity index (χ1n) is 9.38. The van der Waals surface area contributed by atoms with Gasteiger partial charge >= 0.3 is 6.36 Å². The van der Waals surface area contributed by atoms with Gasteiger partial charge < -0.3 is 20.1 Å². The maximum atomic E-state index is 13.1. The first-order valence-corrected chi connectivity index (χ1v) is 9.38. The number of carbonyl (C=O) groups excluding carboxylic acids is 1. The first-order chi connectivity index (χ1) is 15.2. The van der Waals surface area contributed by atoms with Gasteiger partial charge in [-0.1, -0.05) is 0 Å². The van der Waals surface area contributed by atoms with E-state index in [2.05, 4.69) is 19.7 Å². The molecule has 4 heterocycles. The molecule has 1 amide bonds. The van der Waals surface area contributed by atoms with Crippen LogP contribution in [0.1, 0.15) is 22.1 Å². The molecule has 0 saturated carbocycles. The van der Waals surface area contributed by atoms with Gasteiger partial charge in [0.05, 0.1) is 30.3 Å². The molecule has 0 saturated heterocycles. The van der Waals surface area contributed by atoms with Crippen LogP contribution >= 0.6 is 0 Å². The first kappa shape index (κ1) is 19.8. The Bertz CT molecular complexity index is 1370. The summed E-state index contributed by atoms with van der Waals surface area (Å²) in [5.41, 5.74) is 8.36. The van der Waals surface area contributed by atoms with E-state index in [0.717, 1.165) is 6.07 Å². The minimum absolute atomic E-state index is 0.0878. The van der Waals surface area contributed by atoms with Crippen molar-refractivity contribution in [3.63, 3.8) is 0 Å². The van der Waals surface area contributed by atoms with Crippen LogP contribution in [0.3, 0.4) is 0 Å². The number of nitrogens with two attached hydrogens (primary N) is 1. The van der Waals surface area contributed by atoms with Gasteiger partial charge in [0.1, 0.15) is 40.7 Å². The van der Waals surface area contributed by atoms with E-state index in [0.29, 0.717) is 27.9 Å². The highest BCUT2D eigenvalue weighted by molar-refractivity contribution is 5.96. The average Bonchev–Trinajstić information content (AvgIpc) is 3.39. The lowest BCUT2D eigenvalue weighted by atomic mass is 10.1. The molecule has 12 heteroatoms. The van der Waals surface area contributed by atoms with E-state index >= 15 is 0 Å². The highest BCUT2D eigenvalue weighted by atomic mass is 19.4. The molecule has 0 bridgehead atoms. The molecule has 9 nitrogen and oxygen atoms in total. The van der Waals surface area contributed by atoms with Crippen molar-refractivity contribution in [1.82, 2.24) is 24.3 Å². The number of amides is 1. The van der Waals surface area contributed by atoms with Gasteiger partial charge in [-0.05, 0) is 18.2 Å². The summed E-state index contributed by atoms with van der Waals surface area (Å²) >= 11 is 0. The quantitative estimate of drug-likeness (QED) is 0.518. The SMILES string of the molecule is CN(C(=O)c1cc2c(cn1)nc(N)c1cncn12)[C@@H]1COc2cc(OC(F)(F)F)ccc21. The monoisotopic (exact) mass is 444 g/mol. The summed E-state index contributed by atoms with van der Waals surface area (Å²) < 4.78 is 48.5. The summed E-state index contributed by atoms with van der Waals surface area (Å²) in [7, 11) is 1.57. The van der Waals surface area contributed by atoms with Crippen molar-refractivity contribution in [3.8, 4) is 11.5 Å². The van der Waals surface area contributed by atoms with E-state index in [4.69, 9.17) is 10.5 Å². The van der Waals surface area contributed by atoms with Gasteiger partial charge in [0.25, 0.3) is 5.91 Å². The predicted octanol–water partition coefficient (Wildman–Crippen LogP) is 2.96. The third-order valence-electron chi connectivity index (χ3n) is 5.24. The summed E-state index contributed by atoms with van der Waals surface area (Å²) in [5, 5.41) is 0. The number of fused-ring (bicyclic) bond motifs is 4. The molecule has 0 fully saturated rings. The number of benzene rings is 1. The van der Waals surface area contributed by atoms with E-state index in [1.54, 1.807) is 30.0 Å². The zero-order valence-corrected chi connectivity index (χ0v) is 16.5. The lowest BCUT2D eigenvalue weighted by Gasteiger charge is -2.23. The average molecular weight is 444 g/mol. The highest BCUT2D eigenvalue weighted by Crippen LogP contribution is 2.39. The summed E-state index contributed by atoms with van der Waals surface area (Å²) in [6.45, 7) is 0.0878. The van der Waals surface area contributed by atoms with Gasteiger partial charge in [-0.2, -0.15) is 0 Å². The van der Waals surface area contributed by atoms with Crippen molar-refractivity contribution < 1.29 is 27.4 Å². The second-order valence-electron chi connectivity index (χ2n) is 7.19. The molecule has 0 spiro atoms. The number of hydrogen-bond acceptors (Lipinski definition) is 7. The number of nitrogens with zero attached hydrogens (tertiary/aromatic N) is 5. The van der Waals surface area contributed by atoms with Crippen molar-refractivity contribution in [2.75, 3.05) is 19.4 Å². The molecule has 4 aromatic rings. The fraction of sp³-hybridized carbons (Fsp3) is 0.200. The Balaban J connectivity index is 1.45. The number of halogens is 3. The summed E-state index contributed by atoms with van der Waals surface area (Å²) in [6.07, 6.45) is -0.221. The van der Waals surface area contributed by atoms with Crippen LogP contribution < -0.4 is 15.2 Å². The highest BCUT2D eigenvalue weighted by Gasteiger charge is 2.34. The molecule has 1 aromatic carbocycles. The minimum atomic E-state index is -4.80. The smallest absolute Gasteiger partial charge is 0.491 e. The maximum Gasteiger partial charge on any atom is 0.573 e. The van der Waals surface area contributed by atoms with Crippen molar-refractivity contribution in [2.45, 2.75) is 12.4 Å². The van der Waals surface area contributed by atoms with Gasteiger partial charge in [-0.25, -0.2) is 15.0 Å². The fourth-order valence-electron chi connectivity index (χ4n) is 3.71. The minimum Gasteiger partial charge on any atom is -0.491 e. The normalized spacial score (nSPS) is 15.6. The van der Waals surface area contributed by atoms with Crippen LogP contribution in [0.4, 0.5) is 19.0 Å². The Hall–Kier alpha value is -4.09. The zero-order chi connectivity index (χ0) is 22.6. The number of nitrogen functional groups attached to an aromatic ring is 1. The number of aromatic nitrogens is 4. The van der Waals surface area contributed by atoms with Crippen molar-refractivity contribution in [1.29, 1.82) is 0 Å². The number of hydrogen-bond donors (Lipinski definition) is 1. The van der Waals surface area contributed by atoms with Crippen LogP contribution in [0.25, 0.3) is 16.6 Å². The van der Waals surface area contributed by atoms with Crippen LogP contribution in [-0.4, -0.2) is 50.2 Å². The van der Waals surface area contributed by atoms with Crippen LogP contribution in [0.2, 0.25) is 0 Å². The van der Waals surface area contributed by atoms with Gasteiger partial charge in [0.15, 0.2) is 0 Å². The topological polar surface area (TPSA) is 108 Å². The molecule has 164 valence electrons. The number of carbonyl (C=O) groups is 1. The third kappa shape index (κ3) is 3.29.